The molecule has 72 valence electrons. The Labute approximate surface area is 71.2 Å². The van der Waals surface area contributed by atoms with Gasteiger partial charge in [-0.15, -0.1) is 0 Å². The maximum atomic E-state index is 10.4. The predicted octanol–water partition coefficient (Wildman–Crippen LogP) is -2.17. The lowest BCUT2D eigenvalue weighted by molar-refractivity contribution is -0.114. The van der Waals surface area contributed by atoms with Gasteiger partial charge >= 0.3 is 0 Å². The fourth-order valence-corrected chi connectivity index (χ4v) is 0.945. The van der Waals surface area contributed by atoms with Crippen LogP contribution in [0, 0.1) is 0 Å². The van der Waals surface area contributed by atoms with E-state index < -0.39 is 6.04 Å². The van der Waals surface area contributed by atoms with E-state index in [4.69, 9.17) is 15.3 Å². The van der Waals surface area contributed by atoms with Crippen molar-refractivity contribution in [2.45, 2.75) is 6.04 Å². The molecule has 0 heterocycles. The van der Waals surface area contributed by atoms with Gasteiger partial charge in [0.15, 0.2) is 0 Å². The van der Waals surface area contributed by atoms with Crippen LogP contribution in [-0.4, -0.2) is 65.5 Å². The van der Waals surface area contributed by atoms with Gasteiger partial charge in [-0.2, -0.15) is 0 Å². The summed E-state index contributed by atoms with van der Waals surface area (Å²) in [5, 5.41) is 25.9. The zero-order valence-corrected chi connectivity index (χ0v) is 6.89. The molecule has 0 amide bonds. The van der Waals surface area contributed by atoms with E-state index in [1.165, 1.54) is 4.90 Å². The number of nitrogens with zero attached hydrogens (tertiary/aromatic N) is 1. The lowest BCUT2D eigenvalue weighted by Crippen LogP contribution is -2.42. The number of carbonyl (C=O) groups excluding carboxylic acids is 1. The molecular weight excluding hydrogens is 162 g/mol. The van der Waals surface area contributed by atoms with Crippen molar-refractivity contribution in [1.82, 2.24) is 4.90 Å². The third-order valence-electron chi connectivity index (χ3n) is 1.59. The Morgan fingerprint density at radius 1 is 1.17 bits per heavy atom. The Hall–Kier alpha value is -0.490. The molecule has 5 heteroatoms. The highest BCUT2D eigenvalue weighted by Gasteiger charge is 2.14. The average molecular weight is 177 g/mol. The van der Waals surface area contributed by atoms with Crippen molar-refractivity contribution in [2.75, 3.05) is 32.9 Å². The SMILES string of the molecule is O=CC(CO)N(CCO)CCO. The molecule has 3 N–H and O–H groups in total. The average Bonchev–Trinajstić information content (AvgIpc) is 2.07. The van der Waals surface area contributed by atoms with E-state index in [2.05, 4.69) is 0 Å². The van der Waals surface area contributed by atoms with Gasteiger partial charge in [0.2, 0.25) is 0 Å². The Bertz CT molecular complexity index is 114. The normalized spacial score (nSPS) is 13.3. The number of hydrogen-bond acceptors (Lipinski definition) is 5. The molecule has 0 aliphatic heterocycles. The lowest BCUT2D eigenvalue weighted by Gasteiger charge is -2.24. The Morgan fingerprint density at radius 2 is 1.67 bits per heavy atom. The van der Waals surface area contributed by atoms with E-state index in [-0.39, 0.29) is 32.9 Å². The Balaban J connectivity index is 3.94. The van der Waals surface area contributed by atoms with Crippen molar-refractivity contribution >= 4 is 6.29 Å². The number of aliphatic hydroxyl groups is 3. The van der Waals surface area contributed by atoms with E-state index in [1.54, 1.807) is 0 Å². The van der Waals surface area contributed by atoms with Gasteiger partial charge in [-0.1, -0.05) is 0 Å². The third-order valence-corrected chi connectivity index (χ3v) is 1.59. The van der Waals surface area contributed by atoms with Crippen LogP contribution in [-0.2, 0) is 4.79 Å². The summed E-state index contributed by atoms with van der Waals surface area (Å²) in [6, 6.07) is -0.621. The van der Waals surface area contributed by atoms with Gasteiger partial charge in [0.05, 0.1) is 25.9 Å². The lowest BCUT2D eigenvalue weighted by atomic mass is 10.3. The molecule has 0 radical (unpaired) electrons. The molecule has 1 atom stereocenters. The van der Waals surface area contributed by atoms with E-state index >= 15 is 0 Å². The second-order valence-electron chi connectivity index (χ2n) is 2.37. The van der Waals surface area contributed by atoms with Crippen molar-refractivity contribution in [3.05, 3.63) is 0 Å². The summed E-state index contributed by atoms with van der Waals surface area (Å²) in [6.07, 6.45) is 0.602. The summed E-state index contributed by atoms with van der Waals surface area (Å²) in [7, 11) is 0. The molecule has 0 fully saturated rings. The highest BCUT2D eigenvalue weighted by Crippen LogP contribution is 1.94. The highest BCUT2D eigenvalue weighted by molar-refractivity contribution is 5.57. The molecule has 0 spiro atoms. The molecule has 0 aliphatic carbocycles. The number of aldehydes is 1. The first-order valence-corrected chi connectivity index (χ1v) is 3.82. The minimum absolute atomic E-state index is 0.0929. The zero-order valence-electron chi connectivity index (χ0n) is 6.89. The van der Waals surface area contributed by atoms with Crippen molar-refractivity contribution in [3.8, 4) is 0 Å². The van der Waals surface area contributed by atoms with Crippen LogP contribution in [0.4, 0.5) is 0 Å². The first kappa shape index (κ1) is 11.5. The summed E-state index contributed by atoms with van der Waals surface area (Å²) in [5.41, 5.74) is 0. The molecule has 0 saturated heterocycles. The summed E-state index contributed by atoms with van der Waals surface area (Å²) >= 11 is 0. The number of hydrogen-bond donors (Lipinski definition) is 3. The molecule has 0 saturated carbocycles. The van der Waals surface area contributed by atoms with Gasteiger partial charge in [0, 0.05) is 13.1 Å². The van der Waals surface area contributed by atoms with Gasteiger partial charge in [0.1, 0.15) is 6.29 Å². The van der Waals surface area contributed by atoms with Gasteiger partial charge < -0.3 is 20.1 Å². The monoisotopic (exact) mass is 177 g/mol. The first-order valence-electron chi connectivity index (χ1n) is 3.82. The molecular formula is C7H15NO4. The molecule has 0 rings (SSSR count). The second kappa shape index (κ2) is 7.17. The smallest absolute Gasteiger partial charge is 0.139 e. The maximum absolute atomic E-state index is 10.4. The Kier molecular flexibility index (Phi) is 6.88. The Morgan fingerprint density at radius 3 is 1.92 bits per heavy atom. The van der Waals surface area contributed by atoms with Crippen molar-refractivity contribution in [2.24, 2.45) is 0 Å². The van der Waals surface area contributed by atoms with Gasteiger partial charge in [-0.25, -0.2) is 0 Å². The van der Waals surface area contributed by atoms with Crippen LogP contribution in [0.3, 0.4) is 0 Å². The van der Waals surface area contributed by atoms with E-state index in [1.807, 2.05) is 0 Å². The quantitative estimate of drug-likeness (QED) is 0.386. The number of aliphatic hydroxyl groups excluding tert-OH is 3. The minimum atomic E-state index is -0.621. The fourth-order valence-electron chi connectivity index (χ4n) is 0.945. The van der Waals surface area contributed by atoms with Gasteiger partial charge in [0.25, 0.3) is 0 Å². The van der Waals surface area contributed by atoms with E-state index in [9.17, 15) is 4.79 Å². The molecule has 12 heavy (non-hydrogen) atoms. The van der Waals surface area contributed by atoms with E-state index in [0.717, 1.165) is 0 Å². The number of rotatable bonds is 7. The van der Waals surface area contributed by atoms with E-state index in [0.29, 0.717) is 6.29 Å². The summed E-state index contributed by atoms with van der Waals surface area (Å²) < 4.78 is 0. The summed E-state index contributed by atoms with van der Waals surface area (Å²) in [4.78, 5) is 11.9. The van der Waals surface area contributed by atoms with Crippen LogP contribution < -0.4 is 0 Å². The molecule has 0 bridgehead atoms. The maximum Gasteiger partial charge on any atom is 0.139 e. The van der Waals surface area contributed by atoms with Gasteiger partial charge in [-0.3, -0.25) is 4.90 Å². The summed E-state index contributed by atoms with van der Waals surface area (Å²) in [6.45, 7) is 0.0905. The zero-order chi connectivity index (χ0) is 9.40. The highest BCUT2D eigenvalue weighted by atomic mass is 16.3. The molecule has 1 unspecified atom stereocenters. The predicted molar refractivity (Wildman–Crippen MR) is 42.7 cm³/mol. The van der Waals surface area contributed by atoms with Crippen LogP contribution in [0.1, 0.15) is 0 Å². The van der Waals surface area contributed by atoms with Crippen molar-refractivity contribution in [1.29, 1.82) is 0 Å². The largest absolute Gasteiger partial charge is 0.395 e. The molecule has 0 aromatic carbocycles. The van der Waals surface area contributed by atoms with Crippen LogP contribution in [0.25, 0.3) is 0 Å². The van der Waals surface area contributed by atoms with Crippen LogP contribution in [0.5, 0.6) is 0 Å². The minimum Gasteiger partial charge on any atom is -0.395 e. The number of carbonyl (C=O) groups is 1. The third kappa shape index (κ3) is 3.77. The first-order chi connectivity index (χ1) is 5.79. The topological polar surface area (TPSA) is 81.0 Å². The standard InChI is InChI=1S/C7H15NO4/c9-3-1-8(2-4-10)7(5-11)6-12/h5,7,9-10,12H,1-4,6H2. The van der Waals surface area contributed by atoms with Gasteiger partial charge in [-0.05, 0) is 0 Å². The molecule has 5 nitrogen and oxygen atoms in total. The second-order valence-corrected chi connectivity index (χ2v) is 2.37. The molecule has 0 aliphatic rings. The van der Waals surface area contributed by atoms with Crippen LogP contribution in [0.2, 0.25) is 0 Å². The van der Waals surface area contributed by atoms with Crippen molar-refractivity contribution in [3.63, 3.8) is 0 Å². The fraction of sp³-hybridized carbons (Fsp3) is 0.857. The van der Waals surface area contributed by atoms with Crippen LogP contribution in [0.15, 0.2) is 0 Å². The van der Waals surface area contributed by atoms with Crippen LogP contribution >= 0.6 is 0 Å². The summed E-state index contributed by atoms with van der Waals surface area (Å²) in [5.74, 6) is 0. The molecule has 0 aromatic rings. The van der Waals surface area contributed by atoms with Crippen molar-refractivity contribution < 1.29 is 20.1 Å². The molecule has 0 aromatic heterocycles.